The van der Waals surface area contributed by atoms with Crippen LogP contribution in [0.25, 0.3) is 0 Å². The normalized spacial score (nSPS) is 24.8. The van der Waals surface area contributed by atoms with Gasteiger partial charge in [-0.25, -0.2) is 8.42 Å². The minimum atomic E-state index is -3.52. The number of halogens is 1. The van der Waals surface area contributed by atoms with Gasteiger partial charge in [0.2, 0.25) is 10.0 Å². The van der Waals surface area contributed by atoms with E-state index in [9.17, 15) is 8.42 Å². The zero-order valence-electron chi connectivity index (χ0n) is 11.5. The third-order valence-corrected chi connectivity index (χ3v) is 6.04. The SMILES string of the molecule is CC1CN(S(=O)(=O)c2ccc(CN)cc2Br)CC(C)O1. The Morgan fingerprint density at radius 3 is 2.45 bits per heavy atom. The molecular formula is C13H19BrN2O3S. The van der Waals surface area contributed by atoms with Crippen molar-refractivity contribution in [1.29, 1.82) is 0 Å². The maximum absolute atomic E-state index is 12.7. The van der Waals surface area contributed by atoms with Gasteiger partial charge < -0.3 is 10.5 Å². The highest BCUT2D eigenvalue weighted by molar-refractivity contribution is 9.10. The molecular weight excluding hydrogens is 344 g/mol. The van der Waals surface area contributed by atoms with Gasteiger partial charge in [-0.2, -0.15) is 4.31 Å². The standard InChI is InChI=1S/C13H19BrN2O3S/c1-9-7-16(8-10(2)19-9)20(17,18)13-4-3-11(6-15)5-12(13)14/h3-5,9-10H,6-8,15H2,1-2H3. The maximum Gasteiger partial charge on any atom is 0.244 e. The molecule has 0 spiro atoms. The summed E-state index contributed by atoms with van der Waals surface area (Å²) in [7, 11) is -3.52. The van der Waals surface area contributed by atoms with Gasteiger partial charge in [-0.1, -0.05) is 6.07 Å². The first-order valence-corrected chi connectivity index (χ1v) is 8.72. The lowest BCUT2D eigenvalue weighted by Gasteiger charge is -2.34. The number of hydrogen-bond acceptors (Lipinski definition) is 4. The predicted octanol–water partition coefficient (Wildman–Crippen LogP) is 1.71. The molecule has 1 aromatic rings. The zero-order chi connectivity index (χ0) is 14.9. The van der Waals surface area contributed by atoms with Crippen molar-refractivity contribution in [3.8, 4) is 0 Å². The molecule has 1 aromatic carbocycles. The van der Waals surface area contributed by atoms with Crippen molar-refractivity contribution in [1.82, 2.24) is 4.31 Å². The van der Waals surface area contributed by atoms with Crippen LogP contribution in [0.4, 0.5) is 0 Å². The fraction of sp³-hybridized carbons (Fsp3) is 0.538. The van der Waals surface area contributed by atoms with Crippen LogP contribution in [0.3, 0.4) is 0 Å². The molecule has 1 aliphatic rings. The van der Waals surface area contributed by atoms with Gasteiger partial charge in [0.15, 0.2) is 0 Å². The molecule has 112 valence electrons. The highest BCUT2D eigenvalue weighted by Gasteiger charge is 2.33. The summed E-state index contributed by atoms with van der Waals surface area (Å²) in [5.74, 6) is 0. The number of sulfonamides is 1. The highest BCUT2D eigenvalue weighted by atomic mass is 79.9. The number of ether oxygens (including phenoxy) is 1. The van der Waals surface area contributed by atoms with E-state index in [1.165, 1.54) is 4.31 Å². The van der Waals surface area contributed by atoms with Crippen LogP contribution >= 0.6 is 15.9 Å². The zero-order valence-corrected chi connectivity index (χ0v) is 13.9. The first kappa shape index (κ1) is 15.9. The molecule has 0 bridgehead atoms. The van der Waals surface area contributed by atoms with Crippen molar-refractivity contribution in [2.24, 2.45) is 5.73 Å². The van der Waals surface area contributed by atoms with E-state index in [1.807, 2.05) is 13.8 Å². The van der Waals surface area contributed by atoms with Crippen LogP contribution in [0.5, 0.6) is 0 Å². The quantitative estimate of drug-likeness (QED) is 0.887. The summed E-state index contributed by atoms with van der Waals surface area (Å²) < 4.78 is 33.0. The van der Waals surface area contributed by atoms with Gasteiger partial charge in [-0.3, -0.25) is 0 Å². The Bertz CT molecular complexity index is 581. The summed E-state index contributed by atoms with van der Waals surface area (Å²) in [4.78, 5) is 0.274. The molecule has 2 unspecified atom stereocenters. The Morgan fingerprint density at radius 2 is 1.95 bits per heavy atom. The van der Waals surface area contributed by atoms with Crippen molar-refractivity contribution in [3.63, 3.8) is 0 Å². The molecule has 0 amide bonds. The van der Waals surface area contributed by atoms with Gasteiger partial charge >= 0.3 is 0 Å². The fourth-order valence-corrected chi connectivity index (χ4v) is 5.02. The third kappa shape index (κ3) is 3.23. The van der Waals surface area contributed by atoms with E-state index >= 15 is 0 Å². The highest BCUT2D eigenvalue weighted by Crippen LogP contribution is 2.28. The molecule has 1 saturated heterocycles. The van der Waals surface area contributed by atoms with E-state index in [0.29, 0.717) is 24.1 Å². The molecule has 2 atom stereocenters. The summed E-state index contributed by atoms with van der Waals surface area (Å²) in [5.41, 5.74) is 6.45. The van der Waals surface area contributed by atoms with E-state index < -0.39 is 10.0 Å². The van der Waals surface area contributed by atoms with Crippen molar-refractivity contribution in [2.45, 2.75) is 37.5 Å². The molecule has 0 aliphatic carbocycles. The summed E-state index contributed by atoms with van der Waals surface area (Å²) >= 11 is 3.33. The number of benzene rings is 1. The molecule has 1 heterocycles. The molecule has 2 N–H and O–H groups in total. The molecule has 5 nitrogen and oxygen atoms in total. The number of nitrogens with zero attached hydrogens (tertiary/aromatic N) is 1. The van der Waals surface area contributed by atoms with E-state index in [4.69, 9.17) is 10.5 Å². The van der Waals surface area contributed by atoms with E-state index in [-0.39, 0.29) is 17.1 Å². The van der Waals surface area contributed by atoms with E-state index in [1.54, 1.807) is 18.2 Å². The van der Waals surface area contributed by atoms with Gasteiger partial charge in [-0.05, 0) is 47.5 Å². The van der Waals surface area contributed by atoms with Gasteiger partial charge in [0.25, 0.3) is 0 Å². The van der Waals surface area contributed by atoms with Crippen LogP contribution < -0.4 is 5.73 Å². The lowest BCUT2D eigenvalue weighted by atomic mass is 10.2. The van der Waals surface area contributed by atoms with Gasteiger partial charge in [-0.15, -0.1) is 0 Å². The Morgan fingerprint density at radius 1 is 1.35 bits per heavy atom. The topological polar surface area (TPSA) is 72.6 Å². The Kier molecular flexibility index (Phi) is 4.86. The van der Waals surface area contributed by atoms with Crippen LogP contribution in [-0.4, -0.2) is 38.0 Å². The van der Waals surface area contributed by atoms with Crippen LogP contribution in [-0.2, 0) is 21.3 Å². The number of rotatable bonds is 3. The molecule has 0 radical (unpaired) electrons. The van der Waals surface area contributed by atoms with Crippen LogP contribution in [0, 0.1) is 0 Å². The smallest absolute Gasteiger partial charge is 0.244 e. The summed E-state index contributed by atoms with van der Waals surface area (Å²) in [5, 5.41) is 0. The van der Waals surface area contributed by atoms with Crippen LogP contribution in [0.15, 0.2) is 27.6 Å². The lowest BCUT2D eigenvalue weighted by molar-refractivity contribution is -0.0440. The number of hydrogen-bond donors (Lipinski definition) is 1. The second-order valence-electron chi connectivity index (χ2n) is 5.05. The lowest BCUT2D eigenvalue weighted by Crippen LogP contribution is -2.48. The second kappa shape index (κ2) is 6.11. The van der Waals surface area contributed by atoms with Crippen LogP contribution in [0.1, 0.15) is 19.4 Å². The van der Waals surface area contributed by atoms with Gasteiger partial charge in [0.05, 0.1) is 17.1 Å². The first-order chi connectivity index (χ1) is 9.34. The molecule has 2 rings (SSSR count). The number of morpholine rings is 1. The minimum absolute atomic E-state index is 0.101. The maximum atomic E-state index is 12.7. The predicted molar refractivity (Wildman–Crippen MR) is 80.8 cm³/mol. The van der Waals surface area contributed by atoms with Crippen molar-refractivity contribution >= 4 is 26.0 Å². The Labute approximate surface area is 128 Å². The molecule has 1 aliphatic heterocycles. The van der Waals surface area contributed by atoms with Gasteiger partial charge in [0.1, 0.15) is 0 Å². The fourth-order valence-electron chi connectivity index (χ4n) is 2.35. The van der Waals surface area contributed by atoms with Gasteiger partial charge in [0, 0.05) is 24.1 Å². The first-order valence-electron chi connectivity index (χ1n) is 6.48. The number of nitrogens with two attached hydrogens (primary N) is 1. The molecule has 20 heavy (non-hydrogen) atoms. The average molecular weight is 363 g/mol. The summed E-state index contributed by atoms with van der Waals surface area (Å²) in [6.07, 6.45) is -0.203. The minimum Gasteiger partial charge on any atom is -0.373 e. The van der Waals surface area contributed by atoms with Crippen molar-refractivity contribution < 1.29 is 13.2 Å². The Hall–Kier alpha value is -0.470. The molecule has 0 aromatic heterocycles. The summed E-state index contributed by atoms with van der Waals surface area (Å²) in [6.45, 7) is 4.88. The van der Waals surface area contributed by atoms with Crippen molar-refractivity contribution in [2.75, 3.05) is 13.1 Å². The monoisotopic (exact) mass is 362 g/mol. The summed E-state index contributed by atoms with van der Waals surface area (Å²) in [6, 6.07) is 5.09. The largest absolute Gasteiger partial charge is 0.373 e. The van der Waals surface area contributed by atoms with E-state index in [0.717, 1.165) is 5.56 Å². The second-order valence-corrected chi connectivity index (χ2v) is 7.81. The third-order valence-electron chi connectivity index (χ3n) is 3.24. The van der Waals surface area contributed by atoms with Crippen LogP contribution in [0.2, 0.25) is 0 Å². The van der Waals surface area contributed by atoms with E-state index in [2.05, 4.69) is 15.9 Å². The molecule has 7 heteroatoms. The Balaban J connectivity index is 2.35. The van der Waals surface area contributed by atoms with Crippen molar-refractivity contribution in [3.05, 3.63) is 28.2 Å². The average Bonchev–Trinajstić information content (AvgIpc) is 2.37. The molecule has 1 fully saturated rings. The molecule has 0 saturated carbocycles.